The van der Waals surface area contributed by atoms with Gasteiger partial charge in [-0.05, 0) is 31.2 Å². The minimum atomic E-state index is -3.84. The molecule has 0 aliphatic heterocycles. The van der Waals surface area contributed by atoms with Gasteiger partial charge in [-0.2, -0.15) is 0 Å². The Morgan fingerprint density at radius 3 is 2.59 bits per heavy atom. The van der Waals surface area contributed by atoms with Gasteiger partial charge in [-0.3, -0.25) is 4.72 Å². The zero-order valence-electron chi connectivity index (χ0n) is 12.1. The summed E-state index contributed by atoms with van der Waals surface area (Å²) < 4.78 is 33.4. The molecule has 118 valence electrons. The fourth-order valence-electron chi connectivity index (χ4n) is 2.01. The van der Waals surface area contributed by atoms with Crippen LogP contribution in [0.2, 0.25) is 0 Å². The molecule has 22 heavy (non-hydrogen) atoms. The number of halogens is 1. The number of anilines is 1. The second-order valence-corrected chi connectivity index (χ2v) is 7.29. The third-order valence-electron chi connectivity index (χ3n) is 3.09. The summed E-state index contributed by atoms with van der Waals surface area (Å²) in [5, 5.41) is 9.39. The molecule has 2 rings (SSSR count). The largest absolute Gasteiger partial charge is 0.495 e. The predicted molar refractivity (Wildman–Crippen MR) is 88.6 cm³/mol. The number of aryl methyl sites for hydroxylation is 1. The highest BCUT2D eigenvalue weighted by molar-refractivity contribution is 9.10. The lowest BCUT2D eigenvalue weighted by atomic mass is 10.1. The molecule has 5 nitrogen and oxygen atoms in total. The van der Waals surface area contributed by atoms with Crippen LogP contribution in [0.15, 0.2) is 45.8 Å². The molecule has 0 aliphatic carbocycles. The van der Waals surface area contributed by atoms with E-state index in [1.54, 1.807) is 30.3 Å². The molecule has 2 N–H and O–H groups in total. The molecule has 0 aromatic heterocycles. The first-order valence-corrected chi connectivity index (χ1v) is 8.71. The van der Waals surface area contributed by atoms with Crippen molar-refractivity contribution in [2.75, 3.05) is 11.8 Å². The van der Waals surface area contributed by atoms with Crippen molar-refractivity contribution in [3.05, 3.63) is 52.0 Å². The van der Waals surface area contributed by atoms with E-state index in [2.05, 4.69) is 20.7 Å². The molecule has 0 spiro atoms. The average Bonchev–Trinajstić information content (AvgIpc) is 2.48. The summed E-state index contributed by atoms with van der Waals surface area (Å²) in [6.45, 7) is 1.62. The monoisotopic (exact) mass is 385 g/mol. The number of ether oxygens (including phenoxy) is 1. The summed E-state index contributed by atoms with van der Waals surface area (Å²) in [6, 6.07) is 9.87. The number of hydrogen-bond acceptors (Lipinski definition) is 4. The van der Waals surface area contributed by atoms with Crippen LogP contribution in [0, 0.1) is 6.92 Å². The Morgan fingerprint density at radius 1 is 1.23 bits per heavy atom. The number of sulfonamides is 1. The number of methoxy groups -OCH3 is 1. The van der Waals surface area contributed by atoms with E-state index in [0.29, 0.717) is 15.7 Å². The molecule has 0 heterocycles. The van der Waals surface area contributed by atoms with E-state index in [1.165, 1.54) is 13.2 Å². The zero-order chi connectivity index (χ0) is 16.3. The Balaban J connectivity index is 2.47. The Hall–Kier alpha value is -1.57. The number of aliphatic hydroxyl groups is 1. The van der Waals surface area contributed by atoms with E-state index in [4.69, 9.17) is 4.74 Å². The lowest BCUT2D eigenvalue weighted by Crippen LogP contribution is -2.15. The van der Waals surface area contributed by atoms with Crippen molar-refractivity contribution in [2.24, 2.45) is 0 Å². The second-order valence-electron chi connectivity index (χ2n) is 4.72. The van der Waals surface area contributed by atoms with Crippen molar-refractivity contribution in [1.29, 1.82) is 0 Å². The van der Waals surface area contributed by atoms with Gasteiger partial charge >= 0.3 is 0 Å². The van der Waals surface area contributed by atoms with Gasteiger partial charge in [0.15, 0.2) is 0 Å². The van der Waals surface area contributed by atoms with Crippen molar-refractivity contribution in [3.63, 3.8) is 0 Å². The third kappa shape index (κ3) is 3.60. The number of rotatable bonds is 5. The van der Waals surface area contributed by atoms with Gasteiger partial charge in [0, 0.05) is 10.0 Å². The van der Waals surface area contributed by atoms with Gasteiger partial charge in [0.05, 0.1) is 19.4 Å². The third-order valence-corrected chi connectivity index (χ3v) is 4.97. The van der Waals surface area contributed by atoms with Crippen LogP contribution in [-0.4, -0.2) is 20.6 Å². The number of benzene rings is 2. The van der Waals surface area contributed by atoms with Gasteiger partial charge in [-0.25, -0.2) is 8.42 Å². The number of hydrogen-bond donors (Lipinski definition) is 2. The quantitative estimate of drug-likeness (QED) is 0.828. The predicted octanol–water partition coefficient (Wildman–Crippen LogP) is 3.06. The average molecular weight is 386 g/mol. The van der Waals surface area contributed by atoms with Gasteiger partial charge in [0.25, 0.3) is 10.0 Å². The number of aliphatic hydroxyl groups excluding tert-OH is 1. The van der Waals surface area contributed by atoms with Gasteiger partial charge in [-0.1, -0.05) is 33.6 Å². The van der Waals surface area contributed by atoms with E-state index >= 15 is 0 Å². The van der Waals surface area contributed by atoms with E-state index < -0.39 is 10.0 Å². The summed E-state index contributed by atoms with van der Waals surface area (Å²) in [6.07, 6.45) is 0. The van der Waals surface area contributed by atoms with E-state index in [-0.39, 0.29) is 17.3 Å². The van der Waals surface area contributed by atoms with Crippen LogP contribution in [0.5, 0.6) is 5.75 Å². The lowest BCUT2D eigenvalue weighted by molar-refractivity contribution is 0.282. The molecular weight excluding hydrogens is 370 g/mol. The maximum atomic E-state index is 12.6. The fourth-order valence-corrected chi connectivity index (χ4v) is 3.82. The molecule has 2 aromatic carbocycles. The second kappa shape index (κ2) is 6.68. The molecule has 0 unspecified atom stereocenters. The molecule has 2 aromatic rings. The maximum Gasteiger partial charge on any atom is 0.265 e. The molecule has 0 radical (unpaired) electrons. The summed E-state index contributed by atoms with van der Waals surface area (Å²) in [5.74, 6) is 0.244. The van der Waals surface area contributed by atoms with Crippen molar-refractivity contribution in [3.8, 4) is 5.75 Å². The van der Waals surface area contributed by atoms with Crippen molar-refractivity contribution < 1.29 is 18.3 Å². The summed E-state index contributed by atoms with van der Waals surface area (Å²) in [7, 11) is -2.43. The van der Waals surface area contributed by atoms with Gasteiger partial charge in [0.2, 0.25) is 0 Å². The first kappa shape index (κ1) is 16.8. The van der Waals surface area contributed by atoms with E-state index in [0.717, 1.165) is 5.56 Å². The normalized spacial score (nSPS) is 11.3. The van der Waals surface area contributed by atoms with Gasteiger partial charge in [-0.15, -0.1) is 0 Å². The van der Waals surface area contributed by atoms with Crippen LogP contribution in [-0.2, 0) is 16.6 Å². The molecule has 0 atom stereocenters. The van der Waals surface area contributed by atoms with Crippen molar-refractivity contribution in [2.45, 2.75) is 18.4 Å². The molecule has 0 saturated heterocycles. The standard InChI is InChI=1S/C15H16BrNO4S/c1-10-3-5-13(11(7-10)9-18)17-22(19,20)15-8-12(16)4-6-14(15)21-2/h3-8,17-18H,9H2,1-2H3. The highest BCUT2D eigenvalue weighted by atomic mass is 79.9. The molecule has 7 heteroatoms. The lowest BCUT2D eigenvalue weighted by Gasteiger charge is -2.14. The SMILES string of the molecule is COc1ccc(Br)cc1S(=O)(=O)Nc1ccc(C)cc1CO. The highest BCUT2D eigenvalue weighted by Crippen LogP contribution is 2.29. The first-order valence-electron chi connectivity index (χ1n) is 6.44. The zero-order valence-corrected chi connectivity index (χ0v) is 14.5. The van der Waals surface area contributed by atoms with Gasteiger partial charge < -0.3 is 9.84 Å². The van der Waals surface area contributed by atoms with Crippen LogP contribution >= 0.6 is 15.9 Å². The van der Waals surface area contributed by atoms with Gasteiger partial charge in [0.1, 0.15) is 10.6 Å². The fraction of sp³-hybridized carbons (Fsp3) is 0.200. The van der Waals surface area contributed by atoms with Crippen LogP contribution in [0.4, 0.5) is 5.69 Å². The highest BCUT2D eigenvalue weighted by Gasteiger charge is 2.21. The topological polar surface area (TPSA) is 75.6 Å². The molecule has 0 fully saturated rings. The van der Waals surface area contributed by atoms with Crippen molar-refractivity contribution >= 4 is 31.6 Å². The van der Waals surface area contributed by atoms with E-state index in [1.807, 2.05) is 6.92 Å². The molecule has 0 saturated carbocycles. The Bertz CT molecular complexity index is 790. The van der Waals surface area contributed by atoms with Crippen LogP contribution < -0.4 is 9.46 Å². The maximum absolute atomic E-state index is 12.6. The molecule has 0 aliphatic rings. The van der Waals surface area contributed by atoms with Crippen molar-refractivity contribution in [1.82, 2.24) is 0 Å². The summed E-state index contributed by atoms with van der Waals surface area (Å²) in [5.41, 5.74) is 1.79. The minimum absolute atomic E-state index is 0.0221. The minimum Gasteiger partial charge on any atom is -0.495 e. The van der Waals surface area contributed by atoms with Crippen LogP contribution in [0.25, 0.3) is 0 Å². The van der Waals surface area contributed by atoms with Crippen LogP contribution in [0.1, 0.15) is 11.1 Å². The Labute approximate surface area is 138 Å². The number of nitrogens with one attached hydrogen (secondary N) is 1. The summed E-state index contributed by atoms with van der Waals surface area (Å²) in [4.78, 5) is 0.0221. The van der Waals surface area contributed by atoms with E-state index in [9.17, 15) is 13.5 Å². The molecule has 0 bridgehead atoms. The summed E-state index contributed by atoms with van der Waals surface area (Å²) >= 11 is 3.25. The van der Waals surface area contributed by atoms with Crippen LogP contribution in [0.3, 0.4) is 0 Å². The molecular formula is C15H16BrNO4S. The Morgan fingerprint density at radius 2 is 1.95 bits per heavy atom. The molecule has 0 amide bonds. The Kier molecular flexibility index (Phi) is 5.10. The first-order chi connectivity index (χ1) is 10.4. The smallest absolute Gasteiger partial charge is 0.265 e.